The van der Waals surface area contributed by atoms with Crippen molar-refractivity contribution in [1.29, 1.82) is 0 Å². The van der Waals surface area contributed by atoms with Gasteiger partial charge in [0.1, 0.15) is 16.9 Å². The number of rotatable bonds is 4. The van der Waals surface area contributed by atoms with E-state index in [1.165, 1.54) is 0 Å². The molecule has 0 amide bonds. The predicted octanol–water partition coefficient (Wildman–Crippen LogP) is 5.90. The van der Waals surface area contributed by atoms with Crippen LogP contribution in [0, 0.1) is 0 Å². The summed E-state index contributed by atoms with van der Waals surface area (Å²) in [6.07, 6.45) is 0. The summed E-state index contributed by atoms with van der Waals surface area (Å²) in [4.78, 5) is 13.9. The Morgan fingerprint density at radius 2 is 1.77 bits per heavy atom. The van der Waals surface area contributed by atoms with Gasteiger partial charge in [0.05, 0.1) is 17.9 Å². The summed E-state index contributed by atoms with van der Waals surface area (Å²) in [6.45, 7) is 0. The van der Waals surface area contributed by atoms with Gasteiger partial charge in [-0.3, -0.25) is 4.79 Å². The zero-order valence-corrected chi connectivity index (χ0v) is 15.6. The Kier molecular flexibility index (Phi) is 4.62. The highest BCUT2D eigenvalue weighted by atomic mass is 35.5. The molecular weight excluding hydrogens is 368 g/mol. The van der Waals surface area contributed by atoms with Crippen LogP contribution in [0.25, 0.3) is 21.9 Å². The van der Waals surface area contributed by atoms with Crippen LogP contribution < -0.4 is 10.2 Å². The minimum Gasteiger partial charge on any atom is -0.496 e. The predicted molar refractivity (Wildman–Crippen MR) is 108 cm³/mol. The molecule has 4 rings (SSSR count). The lowest BCUT2D eigenvalue weighted by molar-refractivity contribution is 0.411. The highest BCUT2D eigenvalue weighted by Crippen LogP contribution is 2.32. The molecule has 3 aromatic carbocycles. The highest BCUT2D eigenvalue weighted by molar-refractivity contribution is 7.98. The molecule has 0 N–H and O–H groups in total. The Balaban J connectivity index is 1.78. The van der Waals surface area contributed by atoms with Crippen LogP contribution in [0.1, 0.15) is 5.56 Å². The first-order chi connectivity index (χ1) is 12.7. The third-order valence-corrected chi connectivity index (χ3v) is 5.50. The molecule has 0 aliphatic rings. The van der Waals surface area contributed by atoms with Crippen molar-refractivity contribution >= 4 is 45.3 Å². The Bertz CT molecular complexity index is 1150. The molecule has 4 aromatic rings. The van der Waals surface area contributed by atoms with E-state index in [4.69, 9.17) is 20.8 Å². The summed E-state index contributed by atoms with van der Waals surface area (Å²) in [5.41, 5.74) is 2.03. The van der Waals surface area contributed by atoms with Crippen molar-refractivity contribution in [2.75, 3.05) is 7.11 Å². The van der Waals surface area contributed by atoms with E-state index in [0.717, 1.165) is 10.5 Å². The normalized spacial score (nSPS) is 11.2. The zero-order chi connectivity index (χ0) is 18.1. The lowest BCUT2D eigenvalue weighted by Gasteiger charge is -2.10. The second-order valence-electron chi connectivity index (χ2n) is 5.83. The largest absolute Gasteiger partial charge is 0.496 e. The first kappa shape index (κ1) is 17.0. The van der Waals surface area contributed by atoms with Crippen molar-refractivity contribution in [2.45, 2.75) is 10.6 Å². The van der Waals surface area contributed by atoms with Crippen LogP contribution in [0.15, 0.2) is 74.8 Å². The van der Waals surface area contributed by atoms with E-state index in [1.807, 2.05) is 42.5 Å². The molecule has 5 heteroatoms. The zero-order valence-electron chi connectivity index (χ0n) is 14.0. The van der Waals surface area contributed by atoms with Gasteiger partial charge in [-0.15, -0.1) is 11.8 Å². The molecule has 1 aromatic heterocycles. The van der Waals surface area contributed by atoms with Crippen LogP contribution in [0.5, 0.6) is 5.75 Å². The number of hydrogen-bond acceptors (Lipinski definition) is 4. The minimum atomic E-state index is -0.0257. The van der Waals surface area contributed by atoms with Gasteiger partial charge in [-0.25, -0.2) is 0 Å². The number of thioether (sulfide) groups is 1. The number of halogens is 1. The van der Waals surface area contributed by atoms with Crippen molar-refractivity contribution < 1.29 is 9.15 Å². The number of methoxy groups -OCH3 is 1. The molecule has 3 nitrogen and oxygen atoms in total. The van der Waals surface area contributed by atoms with Gasteiger partial charge < -0.3 is 9.15 Å². The summed E-state index contributed by atoms with van der Waals surface area (Å²) in [7, 11) is 1.62. The van der Waals surface area contributed by atoms with E-state index < -0.39 is 0 Å². The molecule has 0 saturated heterocycles. The number of ether oxygens (including phenoxy) is 1. The fourth-order valence-corrected chi connectivity index (χ4v) is 3.87. The molecular formula is C21H15ClO3S. The van der Waals surface area contributed by atoms with Crippen molar-refractivity contribution in [1.82, 2.24) is 0 Å². The lowest BCUT2D eigenvalue weighted by Crippen LogP contribution is -2.03. The van der Waals surface area contributed by atoms with Gasteiger partial charge in [-0.1, -0.05) is 23.7 Å². The number of para-hydroxylation sites is 1. The fraction of sp³-hybridized carbons (Fsp3) is 0.0952. The van der Waals surface area contributed by atoms with Gasteiger partial charge in [0.15, 0.2) is 0 Å². The van der Waals surface area contributed by atoms with Gasteiger partial charge in [0, 0.05) is 27.3 Å². The molecule has 0 aliphatic heterocycles. The Morgan fingerprint density at radius 1 is 1.00 bits per heavy atom. The van der Waals surface area contributed by atoms with Crippen molar-refractivity contribution in [2.24, 2.45) is 0 Å². The first-order valence-electron chi connectivity index (χ1n) is 8.06. The van der Waals surface area contributed by atoms with Crippen LogP contribution in [0.4, 0.5) is 0 Å². The van der Waals surface area contributed by atoms with Gasteiger partial charge in [-0.2, -0.15) is 0 Å². The fourth-order valence-electron chi connectivity index (χ4n) is 2.87. The van der Waals surface area contributed by atoms with Crippen LogP contribution in [-0.4, -0.2) is 7.11 Å². The molecule has 0 unspecified atom stereocenters. The van der Waals surface area contributed by atoms with Crippen molar-refractivity contribution in [3.05, 3.63) is 81.5 Å². The van der Waals surface area contributed by atoms with Crippen molar-refractivity contribution in [3.8, 4) is 5.75 Å². The summed E-state index contributed by atoms with van der Waals surface area (Å²) in [5, 5.41) is 1.86. The molecule has 26 heavy (non-hydrogen) atoms. The van der Waals surface area contributed by atoms with Gasteiger partial charge in [0.2, 0.25) is 5.43 Å². The maximum Gasteiger partial charge on any atom is 0.200 e. The monoisotopic (exact) mass is 382 g/mol. The Morgan fingerprint density at radius 3 is 2.54 bits per heavy atom. The van der Waals surface area contributed by atoms with E-state index in [9.17, 15) is 4.79 Å². The summed E-state index contributed by atoms with van der Waals surface area (Å²) < 4.78 is 11.4. The van der Waals surface area contributed by atoms with E-state index in [-0.39, 0.29) is 5.43 Å². The molecule has 1 heterocycles. The van der Waals surface area contributed by atoms with Gasteiger partial charge in [-0.05, 0) is 42.5 Å². The molecule has 0 radical (unpaired) electrons. The lowest BCUT2D eigenvalue weighted by atomic mass is 10.1. The second kappa shape index (κ2) is 7.06. The first-order valence-corrected chi connectivity index (χ1v) is 9.43. The van der Waals surface area contributed by atoms with Gasteiger partial charge >= 0.3 is 0 Å². The molecule has 0 atom stereocenters. The quantitative estimate of drug-likeness (QED) is 0.325. The number of hydrogen-bond donors (Lipinski definition) is 0. The minimum absolute atomic E-state index is 0.0257. The molecule has 0 bridgehead atoms. The molecule has 0 spiro atoms. The van der Waals surface area contributed by atoms with Crippen molar-refractivity contribution in [3.63, 3.8) is 0 Å². The molecule has 130 valence electrons. The number of benzene rings is 3. The smallest absolute Gasteiger partial charge is 0.200 e. The van der Waals surface area contributed by atoms with Crippen LogP contribution in [0.2, 0.25) is 5.02 Å². The maximum absolute atomic E-state index is 12.8. The third-order valence-electron chi connectivity index (χ3n) is 4.19. The van der Waals surface area contributed by atoms with E-state index in [2.05, 4.69) is 0 Å². The Labute approximate surface area is 159 Å². The number of fused-ring (bicyclic) bond motifs is 2. The maximum atomic E-state index is 12.8. The SMILES string of the molecule is COc1cc2oc3ccccc3c(=O)c2cc1CSc1ccc(Cl)cc1. The third kappa shape index (κ3) is 3.18. The summed E-state index contributed by atoms with van der Waals surface area (Å²) in [5.74, 6) is 1.38. The van der Waals surface area contributed by atoms with E-state index in [0.29, 0.717) is 38.5 Å². The average molecular weight is 383 g/mol. The second-order valence-corrected chi connectivity index (χ2v) is 7.32. The average Bonchev–Trinajstić information content (AvgIpc) is 2.67. The summed E-state index contributed by atoms with van der Waals surface area (Å²) in [6, 6.07) is 18.6. The van der Waals surface area contributed by atoms with E-state index in [1.54, 1.807) is 37.1 Å². The van der Waals surface area contributed by atoms with Gasteiger partial charge in [0.25, 0.3) is 0 Å². The Hall–Kier alpha value is -2.43. The molecule has 0 saturated carbocycles. The van der Waals surface area contributed by atoms with Crippen LogP contribution in [0.3, 0.4) is 0 Å². The van der Waals surface area contributed by atoms with E-state index >= 15 is 0 Å². The highest BCUT2D eigenvalue weighted by Gasteiger charge is 2.13. The molecule has 0 aliphatic carbocycles. The van der Waals surface area contributed by atoms with Crippen LogP contribution in [-0.2, 0) is 5.75 Å². The summed E-state index contributed by atoms with van der Waals surface area (Å²) >= 11 is 7.59. The standard InChI is InChI=1S/C21H15ClO3S/c1-24-19-11-20-17(21(23)16-4-2-3-5-18(16)25-20)10-13(19)12-26-15-8-6-14(22)7-9-15/h2-11H,12H2,1H3. The topological polar surface area (TPSA) is 39.4 Å². The van der Waals surface area contributed by atoms with Crippen LogP contribution >= 0.6 is 23.4 Å². The molecule has 0 fully saturated rings.